The lowest BCUT2D eigenvalue weighted by Gasteiger charge is -2.19. The molecular formula is C17H22O2S. The standard InChI is InChI=1S/C17H22O2S/c1-17(2,3)13-7-5-12(6-8-13)11-14(18)16-15(19-4)9-10-20-16/h5-10,14,18H,11H2,1-4H3. The quantitative estimate of drug-likeness (QED) is 0.908. The van der Waals surface area contributed by atoms with Gasteiger partial charge in [0.25, 0.3) is 0 Å². The summed E-state index contributed by atoms with van der Waals surface area (Å²) >= 11 is 1.53. The van der Waals surface area contributed by atoms with Crippen molar-refractivity contribution >= 4 is 11.3 Å². The van der Waals surface area contributed by atoms with E-state index in [4.69, 9.17) is 4.74 Å². The summed E-state index contributed by atoms with van der Waals surface area (Å²) in [5.74, 6) is 0.772. The van der Waals surface area contributed by atoms with Gasteiger partial charge in [0.1, 0.15) is 5.75 Å². The van der Waals surface area contributed by atoms with Crippen LogP contribution in [0.5, 0.6) is 5.75 Å². The van der Waals surface area contributed by atoms with Crippen molar-refractivity contribution in [1.29, 1.82) is 0 Å². The number of aliphatic hydroxyl groups excluding tert-OH is 1. The zero-order valence-electron chi connectivity index (χ0n) is 12.5. The first-order chi connectivity index (χ1) is 9.41. The summed E-state index contributed by atoms with van der Waals surface area (Å²) in [5.41, 5.74) is 2.61. The topological polar surface area (TPSA) is 29.5 Å². The van der Waals surface area contributed by atoms with Crippen LogP contribution in [-0.4, -0.2) is 12.2 Å². The maximum absolute atomic E-state index is 10.3. The molecule has 1 unspecified atom stereocenters. The van der Waals surface area contributed by atoms with E-state index in [1.807, 2.05) is 11.4 Å². The molecule has 108 valence electrons. The van der Waals surface area contributed by atoms with Crippen LogP contribution in [0.4, 0.5) is 0 Å². The zero-order valence-corrected chi connectivity index (χ0v) is 13.3. The Morgan fingerprint density at radius 2 is 1.80 bits per heavy atom. The second-order valence-corrected chi connectivity index (χ2v) is 6.97. The average molecular weight is 290 g/mol. The van der Waals surface area contributed by atoms with E-state index in [1.165, 1.54) is 16.9 Å². The van der Waals surface area contributed by atoms with Crippen LogP contribution >= 0.6 is 11.3 Å². The molecule has 0 bridgehead atoms. The summed E-state index contributed by atoms with van der Waals surface area (Å²) in [6, 6.07) is 10.4. The van der Waals surface area contributed by atoms with Crippen LogP contribution in [0.2, 0.25) is 0 Å². The van der Waals surface area contributed by atoms with E-state index < -0.39 is 6.10 Å². The summed E-state index contributed by atoms with van der Waals surface area (Å²) in [4.78, 5) is 0.896. The first kappa shape index (κ1) is 15.1. The Kier molecular flexibility index (Phi) is 4.51. The maximum atomic E-state index is 10.3. The molecular weight excluding hydrogens is 268 g/mol. The van der Waals surface area contributed by atoms with E-state index in [0.717, 1.165) is 16.2 Å². The lowest BCUT2D eigenvalue weighted by atomic mass is 9.86. The van der Waals surface area contributed by atoms with Crippen molar-refractivity contribution in [3.8, 4) is 5.75 Å². The third-order valence-corrected chi connectivity index (χ3v) is 4.43. The molecule has 2 nitrogen and oxygen atoms in total. The second kappa shape index (κ2) is 5.98. The zero-order chi connectivity index (χ0) is 14.8. The van der Waals surface area contributed by atoms with Crippen molar-refractivity contribution in [3.05, 3.63) is 51.7 Å². The molecule has 0 amide bonds. The fourth-order valence-corrected chi connectivity index (χ4v) is 3.02. The largest absolute Gasteiger partial charge is 0.495 e. The molecule has 0 aliphatic heterocycles. The van der Waals surface area contributed by atoms with Gasteiger partial charge in [0.05, 0.1) is 18.1 Å². The predicted molar refractivity (Wildman–Crippen MR) is 84.7 cm³/mol. The fourth-order valence-electron chi connectivity index (χ4n) is 2.18. The number of aliphatic hydroxyl groups is 1. The number of hydrogen-bond acceptors (Lipinski definition) is 3. The van der Waals surface area contributed by atoms with Gasteiger partial charge in [-0.2, -0.15) is 0 Å². The summed E-state index contributed by atoms with van der Waals surface area (Å²) < 4.78 is 5.26. The van der Waals surface area contributed by atoms with Crippen molar-refractivity contribution < 1.29 is 9.84 Å². The Morgan fingerprint density at radius 3 is 2.35 bits per heavy atom. The molecule has 20 heavy (non-hydrogen) atoms. The molecule has 2 rings (SSSR count). The molecule has 1 heterocycles. The van der Waals surface area contributed by atoms with Crippen molar-refractivity contribution in [2.75, 3.05) is 7.11 Å². The molecule has 0 fully saturated rings. The molecule has 0 aliphatic carbocycles. The minimum Gasteiger partial charge on any atom is -0.495 e. The van der Waals surface area contributed by atoms with Crippen molar-refractivity contribution in [2.24, 2.45) is 0 Å². The Hall–Kier alpha value is -1.32. The molecule has 1 aromatic heterocycles. The van der Waals surface area contributed by atoms with Gasteiger partial charge in [-0.25, -0.2) is 0 Å². The molecule has 0 radical (unpaired) electrons. The Bertz CT molecular complexity index is 549. The first-order valence-corrected chi connectivity index (χ1v) is 7.68. The highest BCUT2D eigenvalue weighted by molar-refractivity contribution is 7.10. The van der Waals surface area contributed by atoms with E-state index in [9.17, 15) is 5.11 Å². The van der Waals surface area contributed by atoms with Crippen LogP contribution in [0.1, 0.15) is 42.9 Å². The van der Waals surface area contributed by atoms with Crippen molar-refractivity contribution in [3.63, 3.8) is 0 Å². The minimum atomic E-state index is -0.509. The second-order valence-electron chi connectivity index (χ2n) is 6.02. The van der Waals surface area contributed by atoms with E-state index >= 15 is 0 Å². The molecule has 1 aromatic carbocycles. The number of rotatable bonds is 4. The minimum absolute atomic E-state index is 0.161. The van der Waals surface area contributed by atoms with Gasteiger partial charge < -0.3 is 9.84 Å². The molecule has 0 saturated heterocycles. The monoisotopic (exact) mass is 290 g/mol. The molecule has 0 spiro atoms. The summed E-state index contributed by atoms with van der Waals surface area (Å²) in [6.07, 6.45) is 0.104. The SMILES string of the molecule is COc1ccsc1C(O)Cc1ccc(C(C)(C)C)cc1. The summed E-state index contributed by atoms with van der Waals surface area (Å²) in [5, 5.41) is 12.3. The van der Waals surface area contributed by atoms with Gasteiger partial charge in [0.2, 0.25) is 0 Å². The van der Waals surface area contributed by atoms with Gasteiger partial charge in [-0.3, -0.25) is 0 Å². The highest BCUT2D eigenvalue weighted by Gasteiger charge is 2.17. The number of hydrogen-bond donors (Lipinski definition) is 1. The number of benzene rings is 1. The number of ether oxygens (including phenoxy) is 1. The fraction of sp³-hybridized carbons (Fsp3) is 0.412. The van der Waals surface area contributed by atoms with Gasteiger partial charge in [0, 0.05) is 6.42 Å². The van der Waals surface area contributed by atoms with E-state index in [0.29, 0.717) is 6.42 Å². The van der Waals surface area contributed by atoms with Crippen LogP contribution in [0.3, 0.4) is 0 Å². The first-order valence-electron chi connectivity index (χ1n) is 6.80. The molecule has 1 atom stereocenters. The predicted octanol–water partition coefficient (Wildman–Crippen LogP) is 4.33. The number of thiophene rings is 1. The highest BCUT2D eigenvalue weighted by Crippen LogP contribution is 2.33. The van der Waals surface area contributed by atoms with Crippen LogP contribution in [0.25, 0.3) is 0 Å². The third kappa shape index (κ3) is 3.41. The van der Waals surface area contributed by atoms with Gasteiger partial charge in [-0.1, -0.05) is 45.0 Å². The Morgan fingerprint density at radius 1 is 1.15 bits per heavy atom. The smallest absolute Gasteiger partial charge is 0.135 e. The molecule has 2 aromatic rings. The van der Waals surface area contributed by atoms with E-state index in [2.05, 4.69) is 45.0 Å². The third-order valence-electron chi connectivity index (χ3n) is 3.43. The summed E-state index contributed by atoms with van der Waals surface area (Å²) in [7, 11) is 1.64. The lowest BCUT2D eigenvalue weighted by molar-refractivity contribution is 0.178. The average Bonchev–Trinajstić information content (AvgIpc) is 2.86. The highest BCUT2D eigenvalue weighted by atomic mass is 32.1. The summed E-state index contributed by atoms with van der Waals surface area (Å²) in [6.45, 7) is 6.61. The maximum Gasteiger partial charge on any atom is 0.135 e. The van der Waals surface area contributed by atoms with Gasteiger partial charge >= 0.3 is 0 Å². The van der Waals surface area contributed by atoms with Gasteiger partial charge in [0.15, 0.2) is 0 Å². The lowest BCUT2D eigenvalue weighted by Crippen LogP contribution is -2.11. The van der Waals surface area contributed by atoms with Crippen LogP contribution in [-0.2, 0) is 11.8 Å². The number of methoxy groups -OCH3 is 1. The molecule has 0 saturated carbocycles. The van der Waals surface area contributed by atoms with Gasteiger partial charge in [-0.15, -0.1) is 11.3 Å². The Labute approximate surface area is 125 Å². The molecule has 3 heteroatoms. The normalized spacial score (nSPS) is 13.2. The van der Waals surface area contributed by atoms with Crippen LogP contribution < -0.4 is 4.74 Å². The van der Waals surface area contributed by atoms with Crippen molar-refractivity contribution in [1.82, 2.24) is 0 Å². The molecule has 1 N–H and O–H groups in total. The van der Waals surface area contributed by atoms with Crippen molar-refractivity contribution in [2.45, 2.75) is 38.7 Å². The Balaban J connectivity index is 2.10. The van der Waals surface area contributed by atoms with Gasteiger partial charge in [-0.05, 0) is 28.0 Å². The van der Waals surface area contributed by atoms with E-state index in [-0.39, 0.29) is 5.41 Å². The molecule has 0 aliphatic rings. The van der Waals surface area contributed by atoms with E-state index in [1.54, 1.807) is 7.11 Å². The van der Waals surface area contributed by atoms with Crippen LogP contribution in [0, 0.1) is 0 Å². The van der Waals surface area contributed by atoms with Crippen LogP contribution in [0.15, 0.2) is 35.7 Å².